The molecule has 0 radical (unpaired) electrons. The van der Waals surface area contributed by atoms with Gasteiger partial charge in [0.15, 0.2) is 0 Å². The zero-order valence-electron chi connectivity index (χ0n) is 13.3. The van der Waals surface area contributed by atoms with Crippen molar-refractivity contribution < 1.29 is 0 Å². The fraction of sp³-hybridized carbons (Fsp3) is 0.150. The molecule has 23 heavy (non-hydrogen) atoms. The summed E-state index contributed by atoms with van der Waals surface area (Å²) in [5.74, 6) is 0. The zero-order chi connectivity index (χ0) is 16.2. The lowest BCUT2D eigenvalue weighted by atomic mass is 10.1. The van der Waals surface area contributed by atoms with Crippen LogP contribution >= 0.6 is 0 Å². The summed E-state index contributed by atoms with van der Waals surface area (Å²) in [6, 6.07) is 24.1. The Balaban J connectivity index is 1.98. The van der Waals surface area contributed by atoms with Gasteiger partial charge in [0.2, 0.25) is 0 Å². The SMILES string of the molecule is Cc1cc(C(C#N)Nc2ccccc2)c(C)n1-c1ccccc1. The van der Waals surface area contributed by atoms with Crippen molar-refractivity contribution in [1.82, 2.24) is 4.57 Å². The Bertz CT molecular complexity index is 827. The molecule has 0 aliphatic heterocycles. The zero-order valence-corrected chi connectivity index (χ0v) is 13.3. The Morgan fingerprint density at radius 1 is 0.957 bits per heavy atom. The fourth-order valence-corrected chi connectivity index (χ4v) is 2.93. The molecule has 114 valence electrons. The highest BCUT2D eigenvalue weighted by molar-refractivity contribution is 5.50. The molecule has 0 bridgehead atoms. The number of nitrogens with one attached hydrogen (secondary N) is 1. The lowest BCUT2D eigenvalue weighted by Crippen LogP contribution is -2.09. The largest absolute Gasteiger partial charge is 0.366 e. The highest BCUT2D eigenvalue weighted by atomic mass is 15.0. The van der Waals surface area contributed by atoms with E-state index in [0.717, 1.165) is 28.3 Å². The molecule has 1 atom stereocenters. The minimum Gasteiger partial charge on any atom is -0.366 e. The molecule has 0 amide bonds. The third-order valence-electron chi connectivity index (χ3n) is 4.01. The van der Waals surface area contributed by atoms with Gasteiger partial charge in [-0.2, -0.15) is 5.26 Å². The van der Waals surface area contributed by atoms with Crippen LogP contribution in [0.2, 0.25) is 0 Å². The number of aromatic nitrogens is 1. The molecule has 0 fully saturated rings. The summed E-state index contributed by atoms with van der Waals surface area (Å²) in [6.07, 6.45) is 0. The molecule has 0 saturated carbocycles. The van der Waals surface area contributed by atoms with Crippen molar-refractivity contribution in [2.24, 2.45) is 0 Å². The first-order chi connectivity index (χ1) is 11.2. The Labute approximate surface area is 136 Å². The summed E-state index contributed by atoms with van der Waals surface area (Å²) in [6.45, 7) is 4.13. The number of para-hydroxylation sites is 2. The topological polar surface area (TPSA) is 40.8 Å². The number of nitriles is 1. The summed E-state index contributed by atoms with van der Waals surface area (Å²) in [7, 11) is 0. The summed E-state index contributed by atoms with van der Waals surface area (Å²) in [5.41, 5.74) is 5.29. The van der Waals surface area contributed by atoms with Crippen LogP contribution in [-0.4, -0.2) is 4.57 Å². The Morgan fingerprint density at radius 2 is 1.57 bits per heavy atom. The second kappa shape index (κ2) is 6.41. The molecule has 3 nitrogen and oxygen atoms in total. The highest BCUT2D eigenvalue weighted by Crippen LogP contribution is 2.27. The molecular formula is C20H19N3. The maximum Gasteiger partial charge on any atom is 0.142 e. The van der Waals surface area contributed by atoms with Gasteiger partial charge >= 0.3 is 0 Å². The van der Waals surface area contributed by atoms with Crippen molar-refractivity contribution in [3.05, 3.63) is 83.7 Å². The average Bonchev–Trinajstić information content (AvgIpc) is 2.89. The van der Waals surface area contributed by atoms with E-state index >= 15 is 0 Å². The first-order valence-corrected chi connectivity index (χ1v) is 7.66. The van der Waals surface area contributed by atoms with Crippen LogP contribution in [0.25, 0.3) is 5.69 Å². The number of benzene rings is 2. The van der Waals surface area contributed by atoms with Crippen molar-refractivity contribution in [2.45, 2.75) is 19.9 Å². The van der Waals surface area contributed by atoms with Gasteiger partial charge in [0, 0.05) is 28.3 Å². The highest BCUT2D eigenvalue weighted by Gasteiger charge is 2.18. The van der Waals surface area contributed by atoms with Gasteiger partial charge < -0.3 is 9.88 Å². The molecular weight excluding hydrogens is 282 g/mol. The number of aryl methyl sites for hydroxylation is 1. The standard InChI is InChI=1S/C20H19N3/c1-15-13-19(16(2)23(15)18-11-7-4-8-12-18)20(14-21)22-17-9-5-3-6-10-17/h3-13,20,22H,1-2H3. The van der Waals surface area contributed by atoms with Crippen molar-refractivity contribution in [3.8, 4) is 11.8 Å². The van der Waals surface area contributed by atoms with Crippen molar-refractivity contribution >= 4 is 5.69 Å². The van der Waals surface area contributed by atoms with Gasteiger partial charge in [0.1, 0.15) is 6.04 Å². The van der Waals surface area contributed by atoms with E-state index in [9.17, 15) is 5.26 Å². The maximum atomic E-state index is 9.61. The van der Waals surface area contributed by atoms with E-state index in [1.165, 1.54) is 0 Å². The van der Waals surface area contributed by atoms with Gasteiger partial charge in [0.05, 0.1) is 6.07 Å². The third-order valence-corrected chi connectivity index (χ3v) is 4.01. The van der Waals surface area contributed by atoms with E-state index in [1.54, 1.807) is 0 Å². The molecule has 3 heteroatoms. The summed E-state index contributed by atoms with van der Waals surface area (Å²) in [4.78, 5) is 0. The van der Waals surface area contributed by atoms with Gasteiger partial charge in [-0.25, -0.2) is 0 Å². The minimum absolute atomic E-state index is 0.374. The van der Waals surface area contributed by atoms with E-state index in [1.807, 2.05) is 48.5 Å². The first-order valence-electron chi connectivity index (χ1n) is 7.66. The number of nitrogens with zero attached hydrogens (tertiary/aromatic N) is 2. The predicted molar refractivity (Wildman–Crippen MR) is 93.7 cm³/mol. The van der Waals surface area contributed by atoms with Crippen LogP contribution in [0.1, 0.15) is 23.0 Å². The van der Waals surface area contributed by atoms with Crippen LogP contribution < -0.4 is 5.32 Å². The molecule has 1 unspecified atom stereocenters. The molecule has 0 spiro atoms. The molecule has 0 saturated heterocycles. The summed E-state index contributed by atoms with van der Waals surface area (Å²) < 4.78 is 2.19. The second-order valence-electron chi connectivity index (χ2n) is 5.57. The van der Waals surface area contributed by atoms with Gasteiger partial charge in [-0.05, 0) is 44.2 Å². The molecule has 0 aliphatic rings. The Hall–Kier alpha value is -2.99. The van der Waals surface area contributed by atoms with Crippen LogP contribution in [0.4, 0.5) is 5.69 Å². The Kier molecular flexibility index (Phi) is 4.16. The monoisotopic (exact) mass is 301 g/mol. The van der Waals surface area contributed by atoms with Gasteiger partial charge in [-0.3, -0.25) is 0 Å². The van der Waals surface area contributed by atoms with Crippen molar-refractivity contribution in [2.75, 3.05) is 5.32 Å². The van der Waals surface area contributed by atoms with Gasteiger partial charge in [0.25, 0.3) is 0 Å². The number of hydrogen-bond acceptors (Lipinski definition) is 2. The second-order valence-corrected chi connectivity index (χ2v) is 5.57. The lowest BCUT2D eigenvalue weighted by molar-refractivity contribution is 0.926. The molecule has 3 aromatic rings. The van der Waals surface area contributed by atoms with Crippen LogP contribution in [-0.2, 0) is 0 Å². The molecule has 3 rings (SSSR count). The molecule has 2 aromatic carbocycles. The quantitative estimate of drug-likeness (QED) is 0.754. The van der Waals surface area contributed by atoms with E-state index in [2.05, 4.69) is 48.0 Å². The van der Waals surface area contributed by atoms with E-state index in [4.69, 9.17) is 0 Å². The normalized spacial score (nSPS) is 11.7. The van der Waals surface area contributed by atoms with Gasteiger partial charge in [-0.15, -0.1) is 0 Å². The molecule has 1 aromatic heterocycles. The predicted octanol–water partition coefficient (Wildman–Crippen LogP) is 4.77. The van der Waals surface area contributed by atoms with Crippen molar-refractivity contribution in [3.63, 3.8) is 0 Å². The van der Waals surface area contributed by atoms with Crippen molar-refractivity contribution in [1.29, 1.82) is 5.26 Å². The Morgan fingerprint density at radius 3 is 2.17 bits per heavy atom. The van der Waals surface area contributed by atoms with Gasteiger partial charge in [-0.1, -0.05) is 36.4 Å². The van der Waals surface area contributed by atoms with Crippen LogP contribution in [0.15, 0.2) is 66.7 Å². The van der Waals surface area contributed by atoms with E-state index in [-0.39, 0.29) is 6.04 Å². The molecule has 0 aliphatic carbocycles. The fourth-order valence-electron chi connectivity index (χ4n) is 2.93. The smallest absolute Gasteiger partial charge is 0.142 e. The van der Waals surface area contributed by atoms with Crippen LogP contribution in [0.5, 0.6) is 0 Å². The molecule has 1 N–H and O–H groups in total. The van der Waals surface area contributed by atoms with E-state index in [0.29, 0.717) is 0 Å². The van der Waals surface area contributed by atoms with Crippen LogP contribution in [0, 0.1) is 25.2 Å². The number of rotatable bonds is 4. The summed E-state index contributed by atoms with van der Waals surface area (Å²) in [5, 5.41) is 12.9. The average molecular weight is 301 g/mol. The van der Waals surface area contributed by atoms with Crippen LogP contribution in [0.3, 0.4) is 0 Å². The van der Waals surface area contributed by atoms with E-state index < -0.39 is 0 Å². The minimum atomic E-state index is -0.374. The number of hydrogen-bond donors (Lipinski definition) is 1. The molecule has 1 heterocycles. The summed E-state index contributed by atoms with van der Waals surface area (Å²) >= 11 is 0. The third kappa shape index (κ3) is 2.97. The maximum absolute atomic E-state index is 9.61. The first kappa shape index (κ1) is 14.9. The number of anilines is 1. The lowest BCUT2D eigenvalue weighted by Gasteiger charge is -2.14.